The summed E-state index contributed by atoms with van der Waals surface area (Å²) in [6.07, 6.45) is 4.23. The van der Waals surface area contributed by atoms with Crippen LogP contribution in [0.1, 0.15) is 60.8 Å². The molecule has 0 N–H and O–H groups in total. The summed E-state index contributed by atoms with van der Waals surface area (Å²) in [5, 5.41) is 0. The lowest BCUT2D eigenvalue weighted by Crippen LogP contribution is -2.28. The van der Waals surface area contributed by atoms with E-state index in [1.54, 1.807) is 0 Å². The normalized spacial score (nSPS) is 27.0. The predicted molar refractivity (Wildman–Crippen MR) is 59.7 cm³/mol. The van der Waals surface area contributed by atoms with E-state index in [9.17, 15) is 0 Å². The molecule has 78 valence electrons. The molecule has 0 bridgehead atoms. The maximum atomic E-state index is 2.45. The Labute approximate surface area is 84.1 Å². The third-order valence-electron chi connectivity index (χ3n) is 4.01. The lowest BCUT2D eigenvalue weighted by Gasteiger charge is -2.36. The van der Waals surface area contributed by atoms with Gasteiger partial charge in [-0.3, -0.25) is 0 Å². The Hall–Kier alpha value is 0. The number of hydrogen-bond acceptors (Lipinski definition) is 0. The molecule has 0 amide bonds. The second-order valence-electron chi connectivity index (χ2n) is 6.66. The summed E-state index contributed by atoms with van der Waals surface area (Å²) in [6.45, 7) is 14.5. The molecule has 0 heteroatoms. The zero-order valence-electron chi connectivity index (χ0n) is 10.3. The van der Waals surface area contributed by atoms with Crippen LogP contribution in [0.5, 0.6) is 0 Å². The fourth-order valence-electron chi connectivity index (χ4n) is 3.16. The van der Waals surface area contributed by atoms with Crippen molar-refractivity contribution in [2.45, 2.75) is 60.8 Å². The van der Waals surface area contributed by atoms with Crippen molar-refractivity contribution < 1.29 is 0 Å². The first-order valence-electron chi connectivity index (χ1n) is 5.76. The van der Waals surface area contributed by atoms with Gasteiger partial charge in [0, 0.05) is 0 Å². The van der Waals surface area contributed by atoms with Gasteiger partial charge >= 0.3 is 0 Å². The van der Waals surface area contributed by atoms with E-state index in [1.165, 1.54) is 19.3 Å². The first kappa shape index (κ1) is 11.1. The van der Waals surface area contributed by atoms with Crippen LogP contribution in [0.3, 0.4) is 0 Å². The van der Waals surface area contributed by atoms with Crippen LogP contribution in [0.15, 0.2) is 0 Å². The second kappa shape index (κ2) is 3.29. The minimum atomic E-state index is 0.577. The molecule has 0 aliphatic heterocycles. The molecule has 1 aliphatic rings. The summed E-state index contributed by atoms with van der Waals surface area (Å²) in [6, 6.07) is 0. The molecule has 13 heavy (non-hydrogen) atoms. The molecular weight excluding hydrogens is 156 g/mol. The van der Waals surface area contributed by atoms with Crippen molar-refractivity contribution in [1.82, 2.24) is 0 Å². The highest BCUT2D eigenvalue weighted by molar-refractivity contribution is 4.96. The average Bonchev–Trinajstić information content (AvgIpc) is 2.12. The van der Waals surface area contributed by atoms with Crippen molar-refractivity contribution in [2.75, 3.05) is 0 Å². The Bertz CT molecular complexity index is 158. The fourth-order valence-corrected chi connectivity index (χ4v) is 3.16. The Morgan fingerprint density at radius 3 is 1.69 bits per heavy atom. The van der Waals surface area contributed by atoms with Crippen molar-refractivity contribution in [3.8, 4) is 0 Å². The molecule has 0 spiro atoms. The summed E-state index contributed by atoms with van der Waals surface area (Å²) in [5.41, 5.74) is 1.15. The van der Waals surface area contributed by atoms with Crippen LogP contribution < -0.4 is 0 Å². The SMILES string of the molecule is CC(C)CC1C(C)(C)CCC1(C)C. The van der Waals surface area contributed by atoms with Gasteiger partial charge in [-0.2, -0.15) is 0 Å². The van der Waals surface area contributed by atoms with Crippen LogP contribution in [-0.4, -0.2) is 0 Å². The molecule has 0 radical (unpaired) electrons. The van der Waals surface area contributed by atoms with Crippen LogP contribution in [0.4, 0.5) is 0 Å². The Balaban J connectivity index is 2.75. The summed E-state index contributed by atoms with van der Waals surface area (Å²) in [5.74, 6) is 1.77. The standard InChI is InChI=1S/C13H26/c1-10(2)9-11-12(3,4)7-8-13(11,5)6/h10-11H,7-9H2,1-6H3. The molecule has 1 fully saturated rings. The Kier molecular flexibility index (Phi) is 2.81. The van der Waals surface area contributed by atoms with Crippen molar-refractivity contribution in [3.05, 3.63) is 0 Å². The predicted octanol–water partition coefficient (Wildman–Crippen LogP) is 4.49. The van der Waals surface area contributed by atoms with Crippen molar-refractivity contribution in [3.63, 3.8) is 0 Å². The zero-order chi connectivity index (χ0) is 10.3. The monoisotopic (exact) mass is 182 g/mol. The van der Waals surface area contributed by atoms with E-state index >= 15 is 0 Å². The minimum Gasteiger partial charge on any atom is -0.0628 e. The van der Waals surface area contributed by atoms with Crippen LogP contribution >= 0.6 is 0 Å². The van der Waals surface area contributed by atoms with Gasteiger partial charge in [-0.15, -0.1) is 0 Å². The highest BCUT2D eigenvalue weighted by Crippen LogP contribution is 2.55. The Morgan fingerprint density at radius 2 is 1.38 bits per heavy atom. The Morgan fingerprint density at radius 1 is 1.00 bits per heavy atom. The van der Waals surface area contributed by atoms with E-state index in [4.69, 9.17) is 0 Å². The largest absolute Gasteiger partial charge is 0.0628 e. The van der Waals surface area contributed by atoms with E-state index < -0.39 is 0 Å². The van der Waals surface area contributed by atoms with Gasteiger partial charge in [0.25, 0.3) is 0 Å². The van der Waals surface area contributed by atoms with Crippen LogP contribution in [0.2, 0.25) is 0 Å². The molecule has 0 aromatic rings. The van der Waals surface area contributed by atoms with Gasteiger partial charge in [0.15, 0.2) is 0 Å². The highest BCUT2D eigenvalue weighted by Gasteiger charge is 2.46. The third kappa shape index (κ3) is 2.27. The van der Waals surface area contributed by atoms with Gasteiger partial charge in [0.05, 0.1) is 0 Å². The minimum absolute atomic E-state index is 0.577. The molecule has 0 heterocycles. The van der Waals surface area contributed by atoms with Crippen molar-refractivity contribution in [2.24, 2.45) is 22.7 Å². The molecule has 0 aromatic heterocycles. The summed E-state index contributed by atoms with van der Waals surface area (Å²) >= 11 is 0. The molecule has 0 nitrogen and oxygen atoms in total. The third-order valence-corrected chi connectivity index (χ3v) is 4.01. The van der Waals surface area contributed by atoms with E-state index in [2.05, 4.69) is 41.5 Å². The van der Waals surface area contributed by atoms with E-state index in [0.717, 1.165) is 11.8 Å². The van der Waals surface area contributed by atoms with Gasteiger partial charge in [-0.25, -0.2) is 0 Å². The van der Waals surface area contributed by atoms with Gasteiger partial charge < -0.3 is 0 Å². The van der Waals surface area contributed by atoms with Crippen molar-refractivity contribution >= 4 is 0 Å². The van der Waals surface area contributed by atoms with Crippen molar-refractivity contribution in [1.29, 1.82) is 0 Å². The highest BCUT2D eigenvalue weighted by atomic mass is 14.5. The van der Waals surface area contributed by atoms with Gasteiger partial charge in [-0.1, -0.05) is 41.5 Å². The summed E-state index contributed by atoms with van der Waals surface area (Å²) in [7, 11) is 0. The second-order valence-corrected chi connectivity index (χ2v) is 6.66. The quantitative estimate of drug-likeness (QED) is 0.590. The maximum Gasteiger partial charge on any atom is -0.0309 e. The van der Waals surface area contributed by atoms with Crippen LogP contribution in [0.25, 0.3) is 0 Å². The molecule has 1 aliphatic carbocycles. The summed E-state index contributed by atoms with van der Waals surface area (Å²) < 4.78 is 0. The fraction of sp³-hybridized carbons (Fsp3) is 1.00. The molecule has 1 rings (SSSR count). The number of rotatable bonds is 2. The molecule has 0 saturated heterocycles. The van der Waals surface area contributed by atoms with E-state index in [0.29, 0.717) is 10.8 Å². The van der Waals surface area contributed by atoms with Crippen LogP contribution in [0, 0.1) is 22.7 Å². The lowest BCUT2D eigenvalue weighted by molar-refractivity contribution is 0.129. The van der Waals surface area contributed by atoms with E-state index in [1.807, 2.05) is 0 Å². The lowest BCUT2D eigenvalue weighted by atomic mass is 9.69. The smallest absolute Gasteiger partial charge is 0.0309 e. The summed E-state index contributed by atoms with van der Waals surface area (Å²) in [4.78, 5) is 0. The first-order valence-corrected chi connectivity index (χ1v) is 5.76. The van der Waals surface area contributed by atoms with E-state index in [-0.39, 0.29) is 0 Å². The molecule has 0 atom stereocenters. The molecule has 0 unspecified atom stereocenters. The van der Waals surface area contributed by atoms with Crippen LogP contribution in [-0.2, 0) is 0 Å². The molecule has 0 aromatic carbocycles. The average molecular weight is 182 g/mol. The van der Waals surface area contributed by atoms with Gasteiger partial charge in [-0.05, 0) is 41.9 Å². The maximum absolute atomic E-state index is 2.45. The molecule has 1 saturated carbocycles. The van der Waals surface area contributed by atoms with Gasteiger partial charge in [0.1, 0.15) is 0 Å². The van der Waals surface area contributed by atoms with Gasteiger partial charge in [0.2, 0.25) is 0 Å². The first-order chi connectivity index (χ1) is 5.76. The number of hydrogen-bond donors (Lipinski definition) is 0. The zero-order valence-corrected chi connectivity index (χ0v) is 10.3. The topological polar surface area (TPSA) is 0 Å². The molecular formula is C13H26.